The molecule has 2 heterocycles. The first-order chi connectivity index (χ1) is 15.8. The molecule has 2 aliphatic rings. The van der Waals surface area contributed by atoms with Crippen molar-refractivity contribution in [2.75, 3.05) is 44.4 Å². The smallest absolute Gasteiger partial charge is 0.265 e. The lowest BCUT2D eigenvalue weighted by Gasteiger charge is -2.35. The summed E-state index contributed by atoms with van der Waals surface area (Å²) in [4.78, 5) is 40.3. The number of ketones is 1. The lowest BCUT2D eigenvalue weighted by atomic mass is 10.1. The van der Waals surface area contributed by atoms with Crippen molar-refractivity contribution in [2.45, 2.75) is 13.0 Å². The van der Waals surface area contributed by atoms with E-state index in [1.54, 1.807) is 41.3 Å². The van der Waals surface area contributed by atoms with E-state index in [-0.39, 0.29) is 43.5 Å². The minimum Gasteiger partial charge on any atom is -0.490 e. The summed E-state index contributed by atoms with van der Waals surface area (Å²) >= 11 is 12.0. The molecule has 0 spiro atoms. The number of ether oxygens (including phenoxy) is 3. The van der Waals surface area contributed by atoms with Crippen LogP contribution in [0, 0.1) is 0 Å². The number of hydrogen-bond acceptors (Lipinski definition) is 6. The average Bonchev–Trinajstić information content (AvgIpc) is 2.80. The highest BCUT2D eigenvalue weighted by atomic mass is 35.5. The molecule has 1 fully saturated rings. The molecular weight excluding hydrogens is 471 g/mol. The normalized spacial score (nSPS) is 17.9. The van der Waals surface area contributed by atoms with E-state index in [1.165, 1.54) is 11.8 Å². The second-order valence-electron chi connectivity index (χ2n) is 7.72. The molecule has 4 rings (SSSR count). The Balaban J connectivity index is 1.39. The van der Waals surface area contributed by atoms with Gasteiger partial charge >= 0.3 is 0 Å². The van der Waals surface area contributed by atoms with Gasteiger partial charge in [-0.3, -0.25) is 19.3 Å². The van der Waals surface area contributed by atoms with Gasteiger partial charge in [0, 0.05) is 16.6 Å². The van der Waals surface area contributed by atoms with Gasteiger partial charge in [-0.1, -0.05) is 23.2 Å². The summed E-state index contributed by atoms with van der Waals surface area (Å²) in [6.07, 6.45) is -0.389. The highest BCUT2D eigenvalue weighted by molar-refractivity contribution is 6.31. The van der Waals surface area contributed by atoms with E-state index in [4.69, 9.17) is 37.4 Å². The lowest BCUT2D eigenvalue weighted by molar-refractivity contribution is -0.139. The second kappa shape index (κ2) is 9.99. The Morgan fingerprint density at radius 3 is 2.70 bits per heavy atom. The van der Waals surface area contributed by atoms with Gasteiger partial charge in [0.2, 0.25) is 5.91 Å². The summed E-state index contributed by atoms with van der Waals surface area (Å²) in [7, 11) is 0. The summed E-state index contributed by atoms with van der Waals surface area (Å²) in [5, 5.41) is 0.888. The van der Waals surface area contributed by atoms with Gasteiger partial charge in [-0.2, -0.15) is 0 Å². The molecular formula is C23H22Cl2N2O6. The van der Waals surface area contributed by atoms with Crippen molar-refractivity contribution in [1.29, 1.82) is 0 Å². The van der Waals surface area contributed by atoms with Crippen LogP contribution in [0.25, 0.3) is 0 Å². The van der Waals surface area contributed by atoms with Crippen molar-refractivity contribution < 1.29 is 28.6 Å². The molecule has 1 atom stereocenters. The Morgan fingerprint density at radius 2 is 1.91 bits per heavy atom. The number of Topliss-reactive ketones (excluding diaryl/α,β-unsaturated/α-hetero) is 1. The minimum atomic E-state index is -0.389. The van der Waals surface area contributed by atoms with E-state index in [0.717, 1.165) is 0 Å². The molecule has 0 aliphatic carbocycles. The summed E-state index contributed by atoms with van der Waals surface area (Å²) in [5.41, 5.74) is 0.856. The van der Waals surface area contributed by atoms with Gasteiger partial charge in [-0.15, -0.1) is 0 Å². The predicted molar refractivity (Wildman–Crippen MR) is 123 cm³/mol. The van der Waals surface area contributed by atoms with E-state index >= 15 is 0 Å². The maximum absolute atomic E-state index is 13.0. The molecule has 33 heavy (non-hydrogen) atoms. The SMILES string of the molecule is CC(=O)c1cc(Cl)ccc1OCC1CN(C(=O)CN2C(=O)COc3ccc(Cl)cc32)CCO1. The molecule has 2 aliphatic heterocycles. The molecule has 8 nitrogen and oxygen atoms in total. The third kappa shape index (κ3) is 5.40. The minimum absolute atomic E-state index is 0.130. The van der Waals surface area contributed by atoms with Crippen LogP contribution in [0.5, 0.6) is 11.5 Å². The van der Waals surface area contributed by atoms with Crippen LogP contribution in [0.2, 0.25) is 10.0 Å². The maximum atomic E-state index is 13.0. The maximum Gasteiger partial charge on any atom is 0.265 e. The topological polar surface area (TPSA) is 85.4 Å². The summed E-state index contributed by atoms with van der Waals surface area (Å²) in [6, 6.07) is 9.79. The Kier molecular flexibility index (Phi) is 7.07. The zero-order valence-electron chi connectivity index (χ0n) is 17.9. The Hall–Kier alpha value is -2.81. The van der Waals surface area contributed by atoms with Crippen LogP contribution < -0.4 is 14.4 Å². The van der Waals surface area contributed by atoms with Gasteiger partial charge in [-0.05, 0) is 43.3 Å². The fourth-order valence-electron chi connectivity index (χ4n) is 3.72. The van der Waals surface area contributed by atoms with Crippen molar-refractivity contribution in [3.63, 3.8) is 0 Å². The van der Waals surface area contributed by atoms with Gasteiger partial charge in [0.05, 0.1) is 24.4 Å². The van der Waals surface area contributed by atoms with Crippen LogP contribution in [-0.2, 0) is 14.3 Å². The fraction of sp³-hybridized carbons (Fsp3) is 0.348. The number of rotatable bonds is 6. The molecule has 0 N–H and O–H groups in total. The molecule has 1 saturated heterocycles. The predicted octanol–water partition coefficient (Wildman–Crippen LogP) is 3.23. The molecule has 0 radical (unpaired) electrons. The Labute approximate surface area is 200 Å². The molecule has 10 heteroatoms. The quantitative estimate of drug-likeness (QED) is 0.575. The average molecular weight is 493 g/mol. The third-order valence-corrected chi connectivity index (χ3v) is 5.86. The summed E-state index contributed by atoms with van der Waals surface area (Å²) in [6.45, 7) is 2.35. The molecule has 1 unspecified atom stereocenters. The van der Waals surface area contributed by atoms with Crippen LogP contribution in [0.3, 0.4) is 0 Å². The third-order valence-electron chi connectivity index (χ3n) is 5.39. The number of fused-ring (bicyclic) bond motifs is 1. The monoisotopic (exact) mass is 492 g/mol. The molecule has 2 amide bonds. The first-order valence-corrected chi connectivity index (χ1v) is 11.1. The summed E-state index contributed by atoms with van der Waals surface area (Å²) in [5.74, 6) is 0.214. The van der Waals surface area contributed by atoms with Gasteiger partial charge in [0.15, 0.2) is 12.4 Å². The fourth-order valence-corrected chi connectivity index (χ4v) is 4.05. The number of benzene rings is 2. The van der Waals surface area contributed by atoms with Crippen molar-refractivity contribution in [2.24, 2.45) is 0 Å². The standard InChI is InChI=1S/C23H22Cl2N2O6/c1-14(28)18-8-15(24)2-4-20(18)32-12-17-10-26(6-7-31-17)22(29)11-27-19-9-16(25)3-5-21(19)33-13-23(27)30/h2-5,8-9,17H,6-7,10-13H2,1H3. The van der Waals surface area contributed by atoms with Crippen LogP contribution >= 0.6 is 23.2 Å². The number of morpholine rings is 1. The van der Waals surface area contributed by atoms with Crippen LogP contribution in [0.15, 0.2) is 36.4 Å². The Bertz CT molecular complexity index is 1090. The lowest BCUT2D eigenvalue weighted by Crippen LogP contribution is -2.52. The first kappa shape index (κ1) is 23.4. The van der Waals surface area contributed by atoms with Gasteiger partial charge in [0.1, 0.15) is 30.8 Å². The van der Waals surface area contributed by atoms with E-state index in [9.17, 15) is 14.4 Å². The molecule has 0 aromatic heterocycles. The molecule has 0 saturated carbocycles. The van der Waals surface area contributed by atoms with Crippen molar-refractivity contribution >= 4 is 46.5 Å². The number of carbonyl (C=O) groups excluding carboxylic acids is 3. The number of anilines is 1. The van der Waals surface area contributed by atoms with Gasteiger partial charge in [-0.25, -0.2) is 0 Å². The number of halogens is 2. The zero-order chi connectivity index (χ0) is 23.5. The van der Waals surface area contributed by atoms with E-state index < -0.39 is 0 Å². The van der Waals surface area contributed by atoms with Gasteiger partial charge in [0.25, 0.3) is 5.91 Å². The van der Waals surface area contributed by atoms with E-state index in [0.29, 0.717) is 52.5 Å². The van der Waals surface area contributed by atoms with Crippen molar-refractivity contribution in [3.05, 3.63) is 52.0 Å². The Morgan fingerprint density at radius 1 is 1.15 bits per heavy atom. The van der Waals surface area contributed by atoms with Crippen molar-refractivity contribution in [1.82, 2.24) is 4.90 Å². The highest BCUT2D eigenvalue weighted by Gasteiger charge is 2.31. The zero-order valence-corrected chi connectivity index (χ0v) is 19.4. The molecule has 2 aromatic rings. The van der Waals surface area contributed by atoms with Crippen molar-refractivity contribution in [3.8, 4) is 11.5 Å². The number of nitrogens with zero attached hydrogens (tertiary/aromatic N) is 2. The van der Waals surface area contributed by atoms with Crippen LogP contribution in [0.1, 0.15) is 17.3 Å². The largest absolute Gasteiger partial charge is 0.490 e. The van der Waals surface area contributed by atoms with E-state index in [1.807, 2.05) is 0 Å². The second-order valence-corrected chi connectivity index (χ2v) is 8.59. The summed E-state index contributed by atoms with van der Waals surface area (Å²) < 4.78 is 17.0. The van der Waals surface area contributed by atoms with Crippen LogP contribution in [-0.4, -0.2) is 68.1 Å². The molecule has 174 valence electrons. The number of carbonyl (C=O) groups is 3. The first-order valence-electron chi connectivity index (χ1n) is 10.4. The highest BCUT2D eigenvalue weighted by Crippen LogP contribution is 2.34. The number of amides is 2. The van der Waals surface area contributed by atoms with E-state index in [2.05, 4.69) is 0 Å². The molecule has 0 bridgehead atoms. The van der Waals surface area contributed by atoms with Crippen LogP contribution in [0.4, 0.5) is 5.69 Å². The molecule has 2 aromatic carbocycles. The number of hydrogen-bond donors (Lipinski definition) is 0. The van der Waals surface area contributed by atoms with Gasteiger partial charge < -0.3 is 19.1 Å².